The number of hydrogen-bond donors (Lipinski definition) is 5. The zero-order valence-electron chi connectivity index (χ0n) is 16.9. The van der Waals surface area contributed by atoms with Crippen molar-refractivity contribution in [1.29, 1.82) is 0 Å². The summed E-state index contributed by atoms with van der Waals surface area (Å²) in [7, 11) is 0. The zero-order valence-corrected chi connectivity index (χ0v) is 16.9. The number of rotatable bonds is 8. The number of phenolic OH excluding ortho intramolecular Hbond substituents is 1. The van der Waals surface area contributed by atoms with Gasteiger partial charge in [0.05, 0.1) is 12.7 Å². The van der Waals surface area contributed by atoms with Crippen molar-refractivity contribution < 1.29 is 44.5 Å². The molecule has 2 unspecified atom stereocenters. The van der Waals surface area contributed by atoms with Gasteiger partial charge in [0.2, 0.25) is 0 Å². The van der Waals surface area contributed by atoms with E-state index in [1.807, 2.05) is 0 Å². The number of ether oxygens (including phenoxy) is 3. The Labute approximate surface area is 179 Å². The van der Waals surface area contributed by atoms with Crippen molar-refractivity contribution >= 4 is 5.78 Å². The zero-order chi connectivity index (χ0) is 22.5. The summed E-state index contributed by atoms with van der Waals surface area (Å²) in [5.41, 5.74) is 0.804. The number of hydrogen-bond acceptors (Lipinski definition) is 9. The average molecular weight is 434 g/mol. The van der Waals surface area contributed by atoms with Gasteiger partial charge in [0.25, 0.3) is 0 Å². The number of aromatic hydroxyl groups is 1. The van der Waals surface area contributed by atoms with Crippen LogP contribution in [0.15, 0.2) is 48.5 Å². The molecule has 5 N–H and O–H groups in total. The van der Waals surface area contributed by atoms with Gasteiger partial charge in [0.1, 0.15) is 31.0 Å². The van der Waals surface area contributed by atoms with E-state index in [4.69, 9.17) is 14.2 Å². The maximum atomic E-state index is 12.5. The van der Waals surface area contributed by atoms with Crippen LogP contribution >= 0.6 is 0 Å². The largest absolute Gasteiger partial charge is 0.504 e. The van der Waals surface area contributed by atoms with E-state index >= 15 is 0 Å². The molecule has 0 aromatic heterocycles. The number of carbonyl (C=O) groups is 1. The molecule has 0 saturated carbocycles. The molecular weight excluding hydrogens is 408 g/mol. The minimum absolute atomic E-state index is 0.0471. The molecule has 1 saturated heterocycles. The van der Waals surface area contributed by atoms with Gasteiger partial charge in [-0.3, -0.25) is 4.79 Å². The van der Waals surface area contributed by atoms with Crippen LogP contribution in [0.3, 0.4) is 0 Å². The third-order valence-electron chi connectivity index (χ3n) is 4.95. The molecular formula is C22H26O9. The normalized spacial score (nSPS) is 26.9. The van der Waals surface area contributed by atoms with Crippen molar-refractivity contribution in [2.24, 2.45) is 0 Å². The number of aliphatic hydroxyl groups excluding tert-OH is 4. The lowest BCUT2D eigenvalue weighted by Crippen LogP contribution is -2.59. The molecule has 9 nitrogen and oxygen atoms in total. The highest BCUT2D eigenvalue weighted by molar-refractivity contribution is 6.09. The summed E-state index contributed by atoms with van der Waals surface area (Å²) in [5, 5.41) is 49.1. The molecule has 0 aliphatic carbocycles. The van der Waals surface area contributed by atoms with Crippen LogP contribution in [-0.2, 0) is 9.47 Å². The van der Waals surface area contributed by atoms with Crippen molar-refractivity contribution in [1.82, 2.24) is 0 Å². The van der Waals surface area contributed by atoms with Crippen molar-refractivity contribution in [2.45, 2.75) is 43.7 Å². The van der Waals surface area contributed by atoms with Crippen LogP contribution in [0.5, 0.6) is 11.5 Å². The highest BCUT2D eigenvalue weighted by Crippen LogP contribution is 2.29. The summed E-state index contributed by atoms with van der Waals surface area (Å²) in [6.07, 6.45) is -7.53. The maximum absolute atomic E-state index is 12.5. The molecule has 9 heteroatoms. The molecule has 1 heterocycles. The van der Waals surface area contributed by atoms with Crippen molar-refractivity contribution in [2.75, 3.05) is 13.2 Å². The Morgan fingerprint density at radius 2 is 1.74 bits per heavy atom. The van der Waals surface area contributed by atoms with Crippen molar-refractivity contribution in [3.63, 3.8) is 0 Å². The van der Waals surface area contributed by atoms with E-state index in [1.165, 1.54) is 18.2 Å². The SMILES string of the molecule is CC(COc1ccc(C(=O)c2ccccc2)cc1O)OC1O[C@H](CO)[C@@H](O)[C@H](O)[C@H]1O. The van der Waals surface area contributed by atoms with Crippen LogP contribution in [0, 0.1) is 0 Å². The third kappa shape index (κ3) is 5.40. The summed E-state index contributed by atoms with van der Waals surface area (Å²) in [5.74, 6) is -0.322. The molecule has 1 aliphatic heterocycles. The first-order valence-electron chi connectivity index (χ1n) is 9.83. The van der Waals surface area contributed by atoms with E-state index in [2.05, 4.69) is 0 Å². The van der Waals surface area contributed by atoms with Gasteiger partial charge in [-0.2, -0.15) is 0 Å². The Kier molecular flexibility index (Phi) is 7.60. The van der Waals surface area contributed by atoms with Gasteiger partial charge in [0.15, 0.2) is 23.6 Å². The molecule has 0 spiro atoms. The third-order valence-corrected chi connectivity index (χ3v) is 4.95. The highest BCUT2D eigenvalue weighted by atomic mass is 16.7. The van der Waals surface area contributed by atoms with Gasteiger partial charge in [-0.1, -0.05) is 30.3 Å². The van der Waals surface area contributed by atoms with E-state index in [9.17, 15) is 30.3 Å². The van der Waals surface area contributed by atoms with Gasteiger partial charge in [0, 0.05) is 11.1 Å². The number of benzene rings is 2. The molecule has 0 radical (unpaired) electrons. The molecule has 1 fully saturated rings. The fraction of sp³-hybridized carbons (Fsp3) is 0.409. The fourth-order valence-electron chi connectivity index (χ4n) is 3.19. The average Bonchev–Trinajstić information content (AvgIpc) is 2.78. The van der Waals surface area contributed by atoms with E-state index in [-0.39, 0.29) is 23.9 Å². The Morgan fingerprint density at radius 3 is 2.39 bits per heavy atom. The number of phenols is 1. The second kappa shape index (κ2) is 10.2. The van der Waals surface area contributed by atoms with Crippen LogP contribution in [0.1, 0.15) is 22.8 Å². The smallest absolute Gasteiger partial charge is 0.193 e. The highest BCUT2D eigenvalue weighted by Gasteiger charge is 2.44. The van der Waals surface area contributed by atoms with E-state index in [1.54, 1.807) is 37.3 Å². The Hall–Kier alpha value is -2.53. The standard InChI is InChI=1S/C22H26O9/c1-12(30-22-21(28)20(27)19(26)17(10-23)31-22)11-29-16-8-7-14(9-15(16)24)18(25)13-5-3-2-4-6-13/h2-9,12,17,19-24,26-28H,10-11H2,1H3/t12?,17-,19-,20+,21-,22?/m1/s1. The molecule has 0 amide bonds. The summed E-state index contributed by atoms with van der Waals surface area (Å²) >= 11 is 0. The lowest BCUT2D eigenvalue weighted by Gasteiger charge is -2.40. The molecule has 31 heavy (non-hydrogen) atoms. The summed E-state index contributed by atoms with van der Waals surface area (Å²) in [6, 6.07) is 13.0. The molecule has 168 valence electrons. The van der Waals surface area contributed by atoms with Gasteiger partial charge in [-0.15, -0.1) is 0 Å². The summed E-state index contributed by atoms with van der Waals surface area (Å²) in [4.78, 5) is 12.5. The van der Waals surface area contributed by atoms with Crippen LogP contribution in [-0.4, -0.2) is 81.3 Å². The maximum Gasteiger partial charge on any atom is 0.193 e. The van der Waals surface area contributed by atoms with Crippen LogP contribution < -0.4 is 4.74 Å². The van der Waals surface area contributed by atoms with Gasteiger partial charge in [-0.05, 0) is 25.1 Å². The van der Waals surface area contributed by atoms with Gasteiger partial charge < -0.3 is 39.7 Å². The molecule has 6 atom stereocenters. The lowest BCUT2D eigenvalue weighted by molar-refractivity contribution is -0.311. The van der Waals surface area contributed by atoms with E-state index < -0.39 is 43.4 Å². The predicted molar refractivity (Wildman–Crippen MR) is 108 cm³/mol. The summed E-state index contributed by atoms with van der Waals surface area (Å²) < 4.78 is 16.3. The van der Waals surface area contributed by atoms with Gasteiger partial charge in [-0.25, -0.2) is 0 Å². The number of ketones is 1. The van der Waals surface area contributed by atoms with E-state index in [0.29, 0.717) is 11.1 Å². The molecule has 0 bridgehead atoms. The molecule has 1 aliphatic rings. The van der Waals surface area contributed by atoms with Crippen molar-refractivity contribution in [3.05, 3.63) is 59.7 Å². The van der Waals surface area contributed by atoms with Crippen LogP contribution in [0.4, 0.5) is 0 Å². The first-order chi connectivity index (χ1) is 14.8. The quantitative estimate of drug-likeness (QED) is 0.368. The second-order valence-electron chi connectivity index (χ2n) is 7.33. The molecule has 2 aromatic rings. The Balaban J connectivity index is 1.58. The first-order valence-corrected chi connectivity index (χ1v) is 9.83. The minimum atomic E-state index is -1.54. The number of aliphatic hydroxyl groups is 4. The minimum Gasteiger partial charge on any atom is -0.504 e. The van der Waals surface area contributed by atoms with Crippen LogP contribution in [0.25, 0.3) is 0 Å². The Bertz CT molecular complexity index is 871. The summed E-state index contributed by atoms with van der Waals surface area (Å²) in [6.45, 7) is 1.01. The second-order valence-corrected chi connectivity index (χ2v) is 7.33. The predicted octanol–water partition coefficient (Wildman–Crippen LogP) is 0.207. The first kappa shape index (κ1) is 23.1. The molecule has 3 rings (SSSR count). The van der Waals surface area contributed by atoms with Crippen molar-refractivity contribution in [3.8, 4) is 11.5 Å². The van der Waals surface area contributed by atoms with Crippen LogP contribution in [0.2, 0.25) is 0 Å². The Morgan fingerprint density at radius 1 is 1.03 bits per heavy atom. The topological polar surface area (TPSA) is 146 Å². The van der Waals surface area contributed by atoms with E-state index in [0.717, 1.165) is 0 Å². The van der Waals surface area contributed by atoms with Gasteiger partial charge >= 0.3 is 0 Å². The number of carbonyl (C=O) groups excluding carboxylic acids is 1. The monoisotopic (exact) mass is 434 g/mol. The molecule has 2 aromatic carbocycles. The lowest BCUT2D eigenvalue weighted by atomic mass is 9.99. The fourth-order valence-corrected chi connectivity index (χ4v) is 3.19.